The van der Waals surface area contributed by atoms with Crippen LogP contribution in [0.25, 0.3) is 11.5 Å². The number of nitrogens with zero attached hydrogens (tertiary/aromatic N) is 3. The minimum Gasteiger partial charge on any atom is -0.388 e. The Labute approximate surface area is 132 Å². The third-order valence-electron chi connectivity index (χ3n) is 3.03. The third kappa shape index (κ3) is 4.03. The van der Waals surface area contributed by atoms with E-state index in [0.717, 1.165) is 4.68 Å². The van der Waals surface area contributed by atoms with Gasteiger partial charge in [-0.05, 0) is 24.3 Å². The zero-order valence-electron chi connectivity index (χ0n) is 12.4. The largest absolute Gasteiger partial charge is 0.437 e. The molecule has 1 heterocycles. The fraction of sp³-hybridized carbons (Fsp3) is 0.188. The summed E-state index contributed by atoms with van der Waals surface area (Å²) in [6.07, 6.45) is 3.16. The zero-order chi connectivity index (χ0) is 16.8. The van der Waals surface area contributed by atoms with Gasteiger partial charge in [0.25, 0.3) is 0 Å². The lowest BCUT2D eigenvalue weighted by Gasteiger charge is -2.18. The van der Waals surface area contributed by atoms with E-state index in [2.05, 4.69) is 18.3 Å². The Morgan fingerprint density at radius 2 is 1.87 bits per heavy atom. The first kappa shape index (κ1) is 16.4. The van der Waals surface area contributed by atoms with Gasteiger partial charge in [0.05, 0.1) is 0 Å². The van der Waals surface area contributed by atoms with Gasteiger partial charge < -0.3 is 9.32 Å². The first-order valence-corrected chi connectivity index (χ1v) is 6.88. The number of rotatable bonds is 7. The number of benzene rings is 1. The highest BCUT2D eigenvalue weighted by Gasteiger charge is 2.16. The highest BCUT2D eigenvalue weighted by atomic mass is 19.1. The van der Waals surface area contributed by atoms with Crippen molar-refractivity contribution in [2.45, 2.75) is 6.54 Å². The average Bonchev–Trinajstić information content (AvgIpc) is 2.88. The summed E-state index contributed by atoms with van der Waals surface area (Å²) in [5, 5.41) is 3.97. The number of hydrogen-bond donors (Lipinski definition) is 0. The fourth-order valence-corrected chi connectivity index (χ4v) is 1.93. The van der Waals surface area contributed by atoms with Gasteiger partial charge in [-0.2, -0.15) is 4.68 Å². The van der Waals surface area contributed by atoms with E-state index in [0.29, 0.717) is 18.7 Å². The molecule has 0 spiro atoms. The van der Waals surface area contributed by atoms with Crippen molar-refractivity contribution in [1.82, 2.24) is 14.7 Å². The van der Waals surface area contributed by atoms with E-state index in [4.69, 9.17) is 4.42 Å². The first-order chi connectivity index (χ1) is 11.0. The number of hydrogen-bond acceptors (Lipinski definition) is 4. The van der Waals surface area contributed by atoms with Gasteiger partial charge in [-0.1, -0.05) is 12.2 Å². The van der Waals surface area contributed by atoms with Crippen LogP contribution in [-0.4, -0.2) is 33.7 Å². The van der Waals surface area contributed by atoms with Gasteiger partial charge >= 0.3 is 5.76 Å². The molecule has 1 amide bonds. The molecule has 0 saturated carbocycles. The Morgan fingerprint density at radius 1 is 1.26 bits per heavy atom. The zero-order valence-corrected chi connectivity index (χ0v) is 12.4. The maximum Gasteiger partial charge on any atom is 0.437 e. The Bertz CT molecular complexity index is 752. The lowest BCUT2D eigenvalue weighted by molar-refractivity contribution is -0.131. The van der Waals surface area contributed by atoms with Crippen LogP contribution >= 0.6 is 0 Å². The second kappa shape index (κ2) is 7.35. The van der Waals surface area contributed by atoms with Gasteiger partial charge in [0, 0.05) is 18.7 Å². The van der Waals surface area contributed by atoms with E-state index >= 15 is 0 Å². The van der Waals surface area contributed by atoms with E-state index in [-0.39, 0.29) is 18.3 Å². The molecule has 0 atom stereocenters. The van der Waals surface area contributed by atoms with Crippen LogP contribution in [0.2, 0.25) is 0 Å². The summed E-state index contributed by atoms with van der Waals surface area (Å²) >= 11 is 0. The van der Waals surface area contributed by atoms with Crippen LogP contribution in [0.1, 0.15) is 0 Å². The van der Waals surface area contributed by atoms with Crippen LogP contribution in [0, 0.1) is 5.82 Å². The van der Waals surface area contributed by atoms with Crippen LogP contribution in [0.15, 0.2) is 58.8 Å². The smallest absolute Gasteiger partial charge is 0.388 e. The van der Waals surface area contributed by atoms with Crippen molar-refractivity contribution in [2.24, 2.45) is 0 Å². The Kier molecular flexibility index (Phi) is 5.24. The van der Waals surface area contributed by atoms with Crippen molar-refractivity contribution in [3.8, 4) is 11.5 Å². The minimum absolute atomic E-state index is 0.0294. The molecule has 0 N–H and O–H groups in total. The molecule has 0 fully saturated rings. The molecule has 6 nitrogen and oxygen atoms in total. The molecule has 23 heavy (non-hydrogen) atoms. The molecular weight excluding hydrogens is 301 g/mol. The normalized spacial score (nSPS) is 10.3. The minimum atomic E-state index is -0.755. The number of aromatic nitrogens is 2. The molecular formula is C16H16FN3O3. The molecule has 0 bridgehead atoms. The summed E-state index contributed by atoms with van der Waals surface area (Å²) in [7, 11) is 0. The summed E-state index contributed by atoms with van der Waals surface area (Å²) in [6, 6.07) is 5.34. The third-order valence-corrected chi connectivity index (χ3v) is 3.03. The summed E-state index contributed by atoms with van der Waals surface area (Å²) in [5.74, 6) is -1.45. The predicted octanol–water partition coefficient (Wildman–Crippen LogP) is 1.84. The maximum absolute atomic E-state index is 12.9. The van der Waals surface area contributed by atoms with Crippen molar-refractivity contribution < 1.29 is 13.6 Å². The SMILES string of the molecule is C=CCN(CC=C)C(=O)Cn1nc(-c2ccc(F)cc2)oc1=O. The van der Waals surface area contributed by atoms with E-state index in [1.54, 1.807) is 12.2 Å². The summed E-state index contributed by atoms with van der Waals surface area (Å²) < 4.78 is 18.8. The van der Waals surface area contributed by atoms with Crippen LogP contribution in [0.4, 0.5) is 4.39 Å². The average molecular weight is 317 g/mol. The number of carbonyl (C=O) groups is 1. The van der Waals surface area contributed by atoms with Crippen molar-refractivity contribution >= 4 is 5.91 Å². The Hall–Kier alpha value is -2.96. The molecule has 2 aromatic rings. The summed E-state index contributed by atoms with van der Waals surface area (Å²) in [4.78, 5) is 25.4. The van der Waals surface area contributed by atoms with E-state index < -0.39 is 11.6 Å². The second-order valence-electron chi connectivity index (χ2n) is 4.71. The molecule has 0 aliphatic heterocycles. The highest BCUT2D eigenvalue weighted by molar-refractivity contribution is 5.76. The summed E-state index contributed by atoms with van der Waals surface area (Å²) in [6.45, 7) is 7.57. The Balaban J connectivity index is 2.19. The number of carbonyl (C=O) groups excluding carboxylic acids is 1. The van der Waals surface area contributed by atoms with Gasteiger partial charge in [-0.15, -0.1) is 18.3 Å². The standard InChI is InChI=1S/C16H16FN3O3/c1-3-9-19(10-4-2)14(21)11-20-16(22)23-15(18-20)12-5-7-13(17)8-6-12/h3-8H,1-2,9-11H2. The van der Waals surface area contributed by atoms with Crippen molar-refractivity contribution in [2.75, 3.05) is 13.1 Å². The molecule has 120 valence electrons. The van der Waals surface area contributed by atoms with Gasteiger partial charge in [-0.25, -0.2) is 9.18 Å². The maximum atomic E-state index is 12.9. The number of halogens is 1. The molecule has 2 rings (SSSR count). The van der Waals surface area contributed by atoms with Crippen molar-refractivity contribution in [3.05, 3.63) is 65.9 Å². The van der Waals surface area contributed by atoms with Crippen LogP contribution in [-0.2, 0) is 11.3 Å². The number of amides is 1. The van der Waals surface area contributed by atoms with Gasteiger partial charge in [0.15, 0.2) is 0 Å². The lowest BCUT2D eigenvalue weighted by atomic mass is 10.2. The monoisotopic (exact) mass is 317 g/mol. The van der Waals surface area contributed by atoms with Gasteiger partial charge in [0.1, 0.15) is 12.4 Å². The van der Waals surface area contributed by atoms with E-state index in [9.17, 15) is 14.0 Å². The molecule has 7 heteroatoms. The van der Waals surface area contributed by atoms with Crippen LogP contribution < -0.4 is 5.76 Å². The van der Waals surface area contributed by atoms with Crippen LogP contribution in [0.5, 0.6) is 0 Å². The van der Waals surface area contributed by atoms with Crippen LogP contribution in [0.3, 0.4) is 0 Å². The van der Waals surface area contributed by atoms with E-state index in [1.165, 1.54) is 29.2 Å². The van der Waals surface area contributed by atoms with E-state index in [1.807, 2.05) is 0 Å². The molecule has 1 aromatic carbocycles. The van der Waals surface area contributed by atoms with Crippen molar-refractivity contribution in [1.29, 1.82) is 0 Å². The lowest BCUT2D eigenvalue weighted by Crippen LogP contribution is -2.36. The fourth-order valence-electron chi connectivity index (χ4n) is 1.93. The predicted molar refractivity (Wildman–Crippen MR) is 83.1 cm³/mol. The topological polar surface area (TPSA) is 68.3 Å². The summed E-state index contributed by atoms with van der Waals surface area (Å²) in [5.41, 5.74) is 0.448. The molecule has 0 saturated heterocycles. The first-order valence-electron chi connectivity index (χ1n) is 6.88. The quantitative estimate of drug-likeness (QED) is 0.731. The Morgan fingerprint density at radius 3 is 2.43 bits per heavy atom. The molecule has 0 radical (unpaired) electrons. The second-order valence-corrected chi connectivity index (χ2v) is 4.71. The van der Waals surface area contributed by atoms with Gasteiger partial charge in [-0.3, -0.25) is 4.79 Å². The molecule has 0 aliphatic rings. The molecule has 0 aliphatic carbocycles. The van der Waals surface area contributed by atoms with Gasteiger partial charge in [0.2, 0.25) is 11.8 Å². The molecule has 0 unspecified atom stereocenters. The van der Waals surface area contributed by atoms with Crippen molar-refractivity contribution in [3.63, 3.8) is 0 Å². The molecule has 1 aromatic heterocycles. The highest BCUT2D eigenvalue weighted by Crippen LogP contribution is 2.15.